The van der Waals surface area contributed by atoms with E-state index in [2.05, 4.69) is 45.9 Å². The summed E-state index contributed by atoms with van der Waals surface area (Å²) in [4.78, 5) is 14.7. The quantitative estimate of drug-likeness (QED) is 0.552. The van der Waals surface area contributed by atoms with E-state index in [-0.39, 0.29) is 37.3 Å². The molecule has 0 unspecified atom stereocenters. The van der Waals surface area contributed by atoms with Gasteiger partial charge in [0.2, 0.25) is 5.91 Å². The molecule has 0 aliphatic carbocycles. The van der Waals surface area contributed by atoms with Crippen molar-refractivity contribution < 1.29 is 13.6 Å². The van der Waals surface area contributed by atoms with Crippen LogP contribution in [0.3, 0.4) is 0 Å². The van der Waals surface area contributed by atoms with Crippen molar-refractivity contribution in [2.75, 3.05) is 19.6 Å². The predicted molar refractivity (Wildman–Crippen MR) is 132 cm³/mol. The smallest absolute Gasteiger partial charge is 0.220 e. The highest BCUT2D eigenvalue weighted by atomic mass is 35.5. The van der Waals surface area contributed by atoms with Gasteiger partial charge in [0.05, 0.1) is 0 Å². The summed E-state index contributed by atoms with van der Waals surface area (Å²) in [5.41, 5.74) is 1.80. The Bertz CT molecular complexity index is 867. The van der Waals surface area contributed by atoms with Gasteiger partial charge in [-0.15, -0.1) is 24.8 Å². The Labute approximate surface area is 207 Å². The molecule has 1 amide bonds. The van der Waals surface area contributed by atoms with Crippen LogP contribution in [0.25, 0.3) is 0 Å². The third-order valence-corrected chi connectivity index (χ3v) is 6.46. The molecule has 2 fully saturated rings. The normalized spacial score (nSPS) is 22.1. The molecule has 2 saturated heterocycles. The van der Waals surface area contributed by atoms with E-state index in [1.54, 1.807) is 0 Å². The Morgan fingerprint density at radius 3 is 2.48 bits per heavy atom. The molecule has 182 valence electrons. The van der Waals surface area contributed by atoms with E-state index in [4.69, 9.17) is 0 Å². The van der Waals surface area contributed by atoms with Crippen LogP contribution in [0.1, 0.15) is 36.8 Å². The van der Waals surface area contributed by atoms with E-state index in [1.807, 2.05) is 0 Å². The van der Waals surface area contributed by atoms with Gasteiger partial charge in [-0.1, -0.05) is 30.3 Å². The Balaban J connectivity index is 0.00000193. The first-order valence-electron chi connectivity index (χ1n) is 11.3. The van der Waals surface area contributed by atoms with Gasteiger partial charge >= 0.3 is 0 Å². The lowest BCUT2D eigenvalue weighted by Gasteiger charge is -2.46. The predicted octanol–water partition coefficient (Wildman–Crippen LogP) is 4.71. The number of benzene rings is 2. The van der Waals surface area contributed by atoms with Crippen molar-refractivity contribution in [3.05, 3.63) is 71.3 Å². The van der Waals surface area contributed by atoms with Gasteiger partial charge < -0.3 is 10.6 Å². The van der Waals surface area contributed by atoms with Gasteiger partial charge in [-0.2, -0.15) is 0 Å². The molecule has 2 aliphatic rings. The van der Waals surface area contributed by atoms with Gasteiger partial charge in [-0.3, -0.25) is 9.69 Å². The Morgan fingerprint density at radius 1 is 1.03 bits per heavy atom. The van der Waals surface area contributed by atoms with Crippen molar-refractivity contribution in [3.63, 3.8) is 0 Å². The minimum absolute atomic E-state index is 0. The van der Waals surface area contributed by atoms with E-state index in [9.17, 15) is 13.6 Å². The number of piperidine rings is 2. The first-order valence-corrected chi connectivity index (χ1v) is 11.3. The zero-order valence-corrected chi connectivity index (χ0v) is 20.3. The number of amides is 1. The van der Waals surface area contributed by atoms with Gasteiger partial charge in [-0.25, -0.2) is 8.78 Å². The van der Waals surface area contributed by atoms with Crippen LogP contribution in [0.15, 0.2) is 48.5 Å². The number of hydrogen-bond donors (Lipinski definition) is 2. The lowest BCUT2D eigenvalue weighted by molar-refractivity contribution is -0.121. The summed E-state index contributed by atoms with van der Waals surface area (Å²) in [6.45, 7) is 4.44. The second-order valence-electron chi connectivity index (χ2n) is 9.00. The molecule has 2 aliphatic heterocycles. The topological polar surface area (TPSA) is 44.4 Å². The first kappa shape index (κ1) is 27.5. The van der Waals surface area contributed by atoms with Crippen molar-refractivity contribution >= 4 is 30.7 Å². The molecule has 4 nitrogen and oxygen atoms in total. The van der Waals surface area contributed by atoms with Crippen LogP contribution in [0.4, 0.5) is 8.78 Å². The highest BCUT2D eigenvalue weighted by molar-refractivity contribution is 5.85. The molecule has 4 rings (SSSR count). The van der Waals surface area contributed by atoms with Gasteiger partial charge in [0.15, 0.2) is 0 Å². The molecule has 2 N–H and O–H groups in total. The maximum Gasteiger partial charge on any atom is 0.220 e. The lowest BCUT2D eigenvalue weighted by atomic mass is 9.79. The molecule has 2 bridgehead atoms. The van der Waals surface area contributed by atoms with E-state index >= 15 is 0 Å². The summed E-state index contributed by atoms with van der Waals surface area (Å²) in [5, 5.41) is 6.48. The van der Waals surface area contributed by atoms with E-state index in [0.717, 1.165) is 45.1 Å². The maximum absolute atomic E-state index is 13.3. The van der Waals surface area contributed by atoms with Crippen molar-refractivity contribution in [2.24, 2.45) is 11.8 Å². The number of nitrogens with zero attached hydrogens (tertiary/aromatic N) is 1. The molecule has 0 radical (unpaired) electrons. The standard InChI is InChI=1S/C25H31F2N3O.2ClH/c26-22-10-19(11-23(27)12-22)13-29-25(31)8-4-7-24-21-9-20(14-28-24)16-30(17-21)15-18-5-2-1-3-6-18;;/h1-3,5-6,10-12,20-21,24,28H,4,7-9,13-17H2,(H,29,31);2*1H/t20-,21-,24+;;/m0../s1. The number of carbonyl (C=O) groups is 1. The number of likely N-dealkylation sites (tertiary alicyclic amines) is 1. The maximum atomic E-state index is 13.3. The summed E-state index contributed by atoms with van der Waals surface area (Å²) < 4.78 is 26.5. The fourth-order valence-electron chi connectivity index (χ4n) is 5.07. The fraction of sp³-hybridized carbons (Fsp3) is 0.480. The molecule has 8 heteroatoms. The van der Waals surface area contributed by atoms with E-state index in [1.165, 1.54) is 24.1 Å². The number of rotatable bonds is 8. The lowest BCUT2D eigenvalue weighted by Crippen LogP contribution is -2.55. The highest BCUT2D eigenvalue weighted by Crippen LogP contribution is 2.31. The zero-order valence-electron chi connectivity index (χ0n) is 18.6. The molecule has 2 aromatic rings. The van der Waals surface area contributed by atoms with Crippen LogP contribution >= 0.6 is 24.8 Å². The highest BCUT2D eigenvalue weighted by Gasteiger charge is 2.36. The van der Waals surface area contributed by atoms with Crippen LogP contribution in [0.2, 0.25) is 0 Å². The molecule has 0 aromatic heterocycles. The van der Waals surface area contributed by atoms with Crippen LogP contribution in [0.5, 0.6) is 0 Å². The molecule has 0 spiro atoms. The van der Waals surface area contributed by atoms with E-state index in [0.29, 0.717) is 29.9 Å². The second kappa shape index (κ2) is 13.2. The van der Waals surface area contributed by atoms with Crippen LogP contribution in [-0.2, 0) is 17.9 Å². The van der Waals surface area contributed by atoms with Gasteiger partial charge in [0.25, 0.3) is 0 Å². The van der Waals surface area contributed by atoms with Crippen molar-refractivity contribution in [1.82, 2.24) is 15.5 Å². The monoisotopic (exact) mass is 499 g/mol. The number of nitrogens with one attached hydrogen (secondary N) is 2. The second-order valence-corrected chi connectivity index (χ2v) is 9.00. The number of carbonyl (C=O) groups excluding carboxylic acids is 1. The Kier molecular flexibility index (Phi) is 11.0. The summed E-state index contributed by atoms with van der Waals surface area (Å²) >= 11 is 0. The van der Waals surface area contributed by atoms with Gasteiger partial charge in [-0.05, 0) is 60.9 Å². The van der Waals surface area contributed by atoms with Crippen molar-refractivity contribution in [2.45, 2.75) is 44.8 Å². The Morgan fingerprint density at radius 2 is 1.76 bits per heavy atom. The Hall–Kier alpha value is -1.73. The molecular weight excluding hydrogens is 467 g/mol. The largest absolute Gasteiger partial charge is 0.352 e. The van der Waals surface area contributed by atoms with E-state index < -0.39 is 11.6 Å². The number of fused-ring (bicyclic) bond motifs is 2. The van der Waals surface area contributed by atoms with Gasteiger partial charge in [0, 0.05) is 44.7 Å². The molecule has 2 heterocycles. The molecule has 33 heavy (non-hydrogen) atoms. The SMILES string of the molecule is Cl.Cl.O=C(CCC[C@H]1NC[C@@H]2C[C@H]1CN(Cc1ccccc1)C2)NCc1cc(F)cc(F)c1. The van der Waals surface area contributed by atoms with Crippen LogP contribution in [-0.4, -0.2) is 36.5 Å². The van der Waals surface area contributed by atoms with Crippen molar-refractivity contribution in [1.29, 1.82) is 0 Å². The summed E-state index contributed by atoms with van der Waals surface area (Å²) in [5.74, 6) is -0.00430. The van der Waals surface area contributed by atoms with Crippen molar-refractivity contribution in [3.8, 4) is 0 Å². The average molecular weight is 500 g/mol. The third kappa shape index (κ3) is 8.21. The fourth-order valence-corrected chi connectivity index (χ4v) is 5.07. The molecule has 0 saturated carbocycles. The van der Waals surface area contributed by atoms with Crippen LogP contribution < -0.4 is 10.6 Å². The summed E-state index contributed by atoms with van der Waals surface area (Å²) in [7, 11) is 0. The number of halogens is 4. The molecule has 2 aromatic carbocycles. The van der Waals surface area contributed by atoms with Crippen LogP contribution in [0, 0.1) is 23.5 Å². The summed E-state index contributed by atoms with van der Waals surface area (Å²) in [6.07, 6.45) is 3.47. The average Bonchev–Trinajstić information content (AvgIpc) is 2.74. The minimum Gasteiger partial charge on any atom is -0.352 e. The third-order valence-electron chi connectivity index (χ3n) is 6.46. The number of hydrogen-bond acceptors (Lipinski definition) is 3. The molecular formula is C25H33Cl2F2N3O. The first-order chi connectivity index (χ1) is 15.0. The van der Waals surface area contributed by atoms with Gasteiger partial charge in [0.1, 0.15) is 11.6 Å². The minimum atomic E-state index is -0.625. The molecule has 3 atom stereocenters. The summed E-state index contributed by atoms with van der Waals surface area (Å²) in [6, 6.07) is 14.4. The zero-order chi connectivity index (χ0) is 21.6.